The summed E-state index contributed by atoms with van der Waals surface area (Å²) in [4.78, 5) is 14.0. The lowest BCUT2D eigenvalue weighted by molar-refractivity contribution is 0.178. The van der Waals surface area contributed by atoms with E-state index in [2.05, 4.69) is 58.0 Å². The number of aromatic amines is 1. The van der Waals surface area contributed by atoms with Crippen molar-refractivity contribution < 1.29 is 9.50 Å². The molecular weight excluding hydrogens is 565 g/mol. The maximum absolute atomic E-state index is 15.2. The Hall–Kier alpha value is -4.76. The zero-order chi connectivity index (χ0) is 31.5. The van der Waals surface area contributed by atoms with E-state index >= 15 is 4.39 Å². The molecule has 230 valence electrons. The minimum absolute atomic E-state index is 0.186. The molecule has 0 bridgehead atoms. The van der Waals surface area contributed by atoms with Crippen LogP contribution in [-0.4, -0.2) is 39.9 Å². The van der Waals surface area contributed by atoms with Crippen LogP contribution in [0.1, 0.15) is 68.5 Å². The van der Waals surface area contributed by atoms with Crippen LogP contribution in [0.3, 0.4) is 0 Å². The first kappa shape index (κ1) is 30.3. The Kier molecular flexibility index (Phi) is 8.80. The average Bonchev–Trinajstić information content (AvgIpc) is 3.67. The molecule has 5 aromatic rings. The van der Waals surface area contributed by atoms with Crippen molar-refractivity contribution in [3.63, 3.8) is 0 Å². The molecule has 1 aliphatic rings. The van der Waals surface area contributed by atoms with E-state index in [1.807, 2.05) is 31.2 Å². The zero-order valence-corrected chi connectivity index (χ0v) is 25.9. The molecule has 0 amide bonds. The van der Waals surface area contributed by atoms with Crippen LogP contribution in [0, 0.1) is 11.8 Å². The number of nitrogens with one attached hydrogen (secondary N) is 1. The molecule has 8 nitrogen and oxygen atoms in total. The highest BCUT2D eigenvalue weighted by molar-refractivity contribution is 5.89. The van der Waals surface area contributed by atoms with E-state index in [1.165, 1.54) is 12.5 Å². The SMILES string of the molecule is C=CC(=CCC)C(=C(C)F)c1cn2ncc(CO)c2nc1-c1ccc(CC(C)C2CC(c3nc(-c4ccccn4)n[nH]3)C2)cc1. The predicted molar refractivity (Wildman–Crippen MR) is 175 cm³/mol. The summed E-state index contributed by atoms with van der Waals surface area (Å²) in [7, 11) is 0. The van der Waals surface area contributed by atoms with Crippen molar-refractivity contribution in [1.29, 1.82) is 0 Å². The highest BCUT2D eigenvalue weighted by atomic mass is 19.1. The normalized spacial score (nSPS) is 18.0. The Morgan fingerprint density at radius 3 is 2.64 bits per heavy atom. The van der Waals surface area contributed by atoms with Gasteiger partial charge in [-0.25, -0.2) is 18.9 Å². The number of benzene rings is 1. The first-order valence-electron chi connectivity index (χ1n) is 15.5. The smallest absolute Gasteiger partial charge is 0.199 e. The summed E-state index contributed by atoms with van der Waals surface area (Å²) in [6.07, 6.45) is 12.6. The highest BCUT2D eigenvalue weighted by Crippen LogP contribution is 2.45. The molecule has 6 rings (SSSR count). The van der Waals surface area contributed by atoms with Crippen molar-refractivity contribution in [3.8, 4) is 22.8 Å². The Morgan fingerprint density at radius 1 is 1.18 bits per heavy atom. The number of aromatic nitrogens is 7. The number of rotatable bonds is 11. The molecule has 1 atom stereocenters. The molecule has 1 aromatic carbocycles. The van der Waals surface area contributed by atoms with Gasteiger partial charge in [0.15, 0.2) is 11.5 Å². The van der Waals surface area contributed by atoms with Crippen LogP contribution in [0.2, 0.25) is 0 Å². The first-order valence-corrected chi connectivity index (χ1v) is 15.5. The summed E-state index contributed by atoms with van der Waals surface area (Å²) in [5.74, 6) is 2.76. The number of H-pyrrole nitrogens is 1. The largest absolute Gasteiger partial charge is 0.391 e. The molecule has 1 fully saturated rings. The van der Waals surface area contributed by atoms with Gasteiger partial charge in [0.1, 0.15) is 17.3 Å². The van der Waals surface area contributed by atoms with E-state index < -0.39 is 0 Å². The number of halogens is 1. The molecular formula is C36H38FN7O. The number of aliphatic hydroxyl groups is 1. The number of pyridine rings is 1. The number of hydrogen-bond acceptors (Lipinski definition) is 6. The zero-order valence-electron chi connectivity index (χ0n) is 25.9. The van der Waals surface area contributed by atoms with Crippen molar-refractivity contribution in [1.82, 2.24) is 34.8 Å². The number of nitrogens with zero attached hydrogens (tertiary/aromatic N) is 6. The Morgan fingerprint density at radius 2 is 1.98 bits per heavy atom. The molecule has 9 heteroatoms. The molecule has 4 aromatic heterocycles. The fourth-order valence-electron chi connectivity index (χ4n) is 6.27. The molecule has 2 N–H and O–H groups in total. The Bertz CT molecular complexity index is 1860. The van der Waals surface area contributed by atoms with Gasteiger partial charge in [0, 0.05) is 40.6 Å². The third-order valence-electron chi connectivity index (χ3n) is 8.83. The average molecular weight is 604 g/mol. The Balaban J connectivity index is 1.20. The summed E-state index contributed by atoms with van der Waals surface area (Å²) < 4.78 is 16.8. The number of fused-ring (bicyclic) bond motifs is 1. The third kappa shape index (κ3) is 6.13. The monoisotopic (exact) mass is 603 g/mol. The molecule has 45 heavy (non-hydrogen) atoms. The van der Waals surface area contributed by atoms with Gasteiger partial charge in [-0.15, -0.1) is 0 Å². The molecule has 1 unspecified atom stereocenters. The van der Waals surface area contributed by atoms with E-state index in [0.29, 0.717) is 57.2 Å². The van der Waals surface area contributed by atoms with Crippen LogP contribution in [0.4, 0.5) is 4.39 Å². The minimum Gasteiger partial charge on any atom is -0.391 e. The summed E-state index contributed by atoms with van der Waals surface area (Å²) in [5.41, 5.74) is 6.44. The first-order chi connectivity index (χ1) is 21.9. The third-order valence-corrected chi connectivity index (χ3v) is 8.83. The van der Waals surface area contributed by atoms with Gasteiger partial charge >= 0.3 is 0 Å². The molecule has 0 spiro atoms. The lowest BCUT2D eigenvalue weighted by Crippen LogP contribution is -2.29. The molecule has 1 aliphatic carbocycles. The van der Waals surface area contributed by atoms with Gasteiger partial charge in [-0.2, -0.15) is 10.2 Å². The summed E-state index contributed by atoms with van der Waals surface area (Å²) >= 11 is 0. The van der Waals surface area contributed by atoms with Crippen molar-refractivity contribution >= 4 is 11.2 Å². The van der Waals surface area contributed by atoms with E-state index in [0.717, 1.165) is 42.8 Å². The predicted octanol–water partition coefficient (Wildman–Crippen LogP) is 7.66. The summed E-state index contributed by atoms with van der Waals surface area (Å²) in [5, 5.41) is 21.7. The van der Waals surface area contributed by atoms with Crippen molar-refractivity contribution in [2.75, 3.05) is 0 Å². The van der Waals surface area contributed by atoms with E-state index in [1.54, 1.807) is 29.2 Å². The lowest BCUT2D eigenvalue weighted by atomic mass is 9.67. The van der Waals surface area contributed by atoms with Crippen LogP contribution in [0.5, 0.6) is 0 Å². The maximum atomic E-state index is 15.2. The lowest BCUT2D eigenvalue weighted by Gasteiger charge is -2.38. The standard InChI is InChI=1S/C36H38FN7O/c1-5-9-25(6-2)32(23(4)37)30-20-44-36(29(21-45)19-39-44)40-33(30)26-13-11-24(12-14-26)16-22(3)27-17-28(18-27)34-41-35(43-42-34)31-10-7-8-15-38-31/h6-15,19-20,22,27-28,45H,2,5,16-18,21H2,1,3-4H3,(H,41,42,43). The number of aliphatic hydroxyl groups excluding tert-OH is 1. The van der Waals surface area contributed by atoms with Gasteiger partial charge in [-0.3, -0.25) is 10.1 Å². The van der Waals surface area contributed by atoms with E-state index in [-0.39, 0.29) is 12.4 Å². The number of hydrogen-bond donors (Lipinski definition) is 2. The second kappa shape index (κ2) is 13.1. The number of allylic oxidation sites excluding steroid dienone is 5. The van der Waals surface area contributed by atoms with Crippen LogP contribution >= 0.6 is 0 Å². The molecule has 0 saturated heterocycles. The van der Waals surface area contributed by atoms with E-state index in [4.69, 9.17) is 9.97 Å². The second-order valence-electron chi connectivity index (χ2n) is 11.8. The van der Waals surface area contributed by atoms with Crippen LogP contribution in [0.15, 0.2) is 91.2 Å². The van der Waals surface area contributed by atoms with Crippen LogP contribution < -0.4 is 0 Å². The fraction of sp³-hybridized carbons (Fsp3) is 0.306. The van der Waals surface area contributed by atoms with Gasteiger partial charge < -0.3 is 5.11 Å². The summed E-state index contributed by atoms with van der Waals surface area (Å²) in [6, 6.07) is 14.1. The maximum Gasteiger partial charge on any atom is 0.199 e. The van der Waals surface area contributed by atoms with Gasteiger partial charge in [-0.1, -0.05) is 62.9 Å². The Labute approximate surface area is 262 Å². The van der Waals surface area contributed by atoms with Gasteiger partial charge in [0.2, 0.25) is 0 Å². The highest BCUT2D eigenvalue weighted by Gasteiger charge is 2.36. The quantitative estimate of drug-likeness (QED) is 0.150. The van der Waals surface area contributed by atoms with Gasteiger partial charge in [-0.05, 0) is 67.7 Å². The van der Waals surface area contributed by atoms with Crippen LogP contribution in [-0.2, 0) is 13.0 Å². The van der Waals surface area contributed by atoms with Crippen LogP contribution in [0.25, 0.3) is 34.0 Å². The molecule has 4 heterocycles. The molecule has 0 aliphatic heterocycles. The van der Waals surface area contributed by atoms with Gasteiger partial charge in [0.25, 0.3) is 0 Å². The van der Waals surface area contributed by atoms with Crippen molar-refractivity contribution in [3.05, 3.63) is 114 Å². The van der Waals surface area contributed by atoms with Crippen molar-refractivity contribution in [2.24, 2.45) is 11.8 Å². The fourth-order valence-corrected chi connectivity index (χ4v) is 6.27. The molecule has 1 saturated carbocycles. The summed E-state index contributed by atoms with van der Waals surface area (Å²) in [6.45, 7) is 9.53. The van der Waals surface area contributed by atoms with Gasteiger partial charge in [0.05, 0.1) is 18.5 Å². The van der Waals surface area contributed by atoms with Crippen molar-refractivity contribution in [2.45, 2.75) is 59.0 Å². The second-order valence-corrected chi connectivity index (χ2v) is 11.8. The minimum atomic E-state index is -0.325. The van der Waals surface area contributed by atoms with E-state index in [9.17, 15) is 5.11 Å². The molecule has 0 radical (unpaired) electrons. The topological polar surface area (TPSA) is 105 Å².